The molecule has 0 aliphatic rings. The fraction of sp³-hybridized carbons (Fsp3) is 0.194. The normalized spacial score (nSPS) is 11.2. The van der Waals surface area contributed by atoms with E-state index in [1.807, 2.05) is 66.7 Å². The Balaban J connectivity index is 1.43. The molecule has 4 aromatic carbocycles. The Kier molecular flexibility index (Phi) is 10.9. The number of anilines is 2. The molecule has 0 radical (unpaired) electrons. The van der Waals surface area contributed by atoms with E-state index in [4.69, 9.17) is 14.2 Å². The second-order valence-corrected chi connectivity index (χ2v) is 10.1. The molecule has 0 saturated carbocycles. The zero-order valence-corrected chi connectivity index (χ0v) is 25.1. The second-order valence-electron chi connectivity index (χ2n) is 10.1. The lowest BCUT2D eigenvalue weighted by Gasteiger charge is -2.25. The molecule has 1 atom stereocenters. The largest absolute Gasteiger partial charge is 0.495 e. The highest BCUT2D eigenvalue weighted by molar-refractivity contribution is 6.12. The predicted molar refractivity (Wildman–Crippen MR) is 172 cm³/mol. The third-order valence-corrected chi connectivity index (χ3v) is 6.96. The quantitative estimate of drug-likeness (QED) is 0.107. The van der Waals surface area contributed by atoms with Crippen LogP contribution < -0.4 is 19.7 Å². The van der Waals surface area contributed by atoms with Crippen molar-refractivity contribution in [3.8, 4) is 11.5 Å². The van der Waals surface area contributed by atoms with Crippen LogP contribution in [0.1, 0.15) is 28.4 Å². The maximum Gasteiger partial charge on any atom is 0.328 e. The van der Waals surface area contributed by atoms with Crippen LogP contribution in [0.5, 0.6) is 11.5 Å². The van der Waals surface area contributed by atoms with E-state index >= 15 is 0 Å². The molecule has 1 N–H and O–H groups in total. The number of benzene rings is 4. The molecule has 0 bridgehead atoms. The number of ketones is 1. The van der Waals surface area contributed by atoms with Crippen LogP contribution in [0.25, 0.3) is 0 Å². The fourth-order valence-corrected chi connectivity index (χ4v) is 4.70. The summed E-state index contributed by atoms with van der Waals surface area (Å²) in [6.07, 6.45) is 0.315. The van der Waals surface area contributed by atoms with Gasteiger partial charge in [0.25, 0.3) is 5.91 Å². The van der Waals surface area contributed by atoms with Gasteiger partial charge in [0.1, 0.15) is 24.1 Å². The topological polar surface area (TPSA) is 94.2 Å². The Morgan fingerprint density at radius 1 is 0.841 bits per heavy atom. The summed E-state index contributed by atoms with van der Waals surface area (Å²) >= 11 is 0. The summed E-state index contributed by atoms with van der Waals surface area (Å²) < 4.78 is 16.5. The molecule has 4 rings (SSSR count). The van der Waals surface area contributed by atoms with Crippen molar-refractivity contribution in [3.63, 3.8) is 0 Å². The number of ether oxygens (including phenoxy) is 3. The Hall–Kier alpha value is -5.37. The minimum absolute atomic E-state index is 0.145. The number of carbonyl (C=O) groups excluding carboxylic acids is 3. The SMILES string of the molecule is C=C(C)C(=O)N(CCOc1ccc(C[C@H](Nc2ccccc2C(=O)c2ccccc2)C(=O)OC)cc1)c1ccccc1OC. The van der Waals surface area contributed by atoms with E-state index in [2.05, 4.69) is 11.9 Å². The smallest absolute Gasteiger partial charge is 0.328 e. The van der Waals surface area contributed by atoms with Gasteiger partial charge in [-0.05, 0) is 48.9 Å². The Morgan fingerprint density at radius 3 is 2.18 bits per heavy atom. The van der Waals surface area contributed by atoms with Gasteiger partial charge < -0.3 is 24.4 Å². The van der Waals surface area contributed by atoms with Gasteiger partial charge in [0.15, 0.2) is 5.78 Å². The number of para-hydroxylation sites is 3. The molecule has 0 saturated heterocycles. The van der Waals surface area contributed by atoms with Crippen molar-refractivity contribution < 1.29 is 28.6 Å². The zero-order chi connectivity index (χ0) is 31.5. The third kappa shape index (κ3) is 7.92. The molecule has 8 heteroatoms. The molecule has 0 heterocycles. The van der Waals surface area contributed by atoms with Crippen molar-refractivity contribution >= 4 is 29.0 Å². The van der Waals surface area contributed by atoms with E-state index in [-0.39, 0.29) is 24.8 Å². The van der Waals surface area contributed by atoms with Gasteiger partial charge in [-0.15, -0.1) is 0 Å². The Bertz CT molecular complexity index is 1600. The van der Waals surface area contributed by atoms with Crippen LogP contribution in [0.3, 0.4) is 0 Å². The first kappa shape index (κ1) is 31.6. The third-order valence-electron chi connectivity index (χ3n) is 6.96. The lowest BCUT2D eigenvalue weighted by molar-refractivity contribution is -0.141. The maximum absolute atomic E-state index is 13.2. The van der Waals surface area contributed by atoms with Crippen LogP contribution >= 0.6 is 0 Å². The molecule has 0 aromatic heterocycles. The van der Waals surface area contributed by atoms with Gasteiger partial charge in [-0.25, -0.2) is 4.79 Å². The molecular formula is C36H36N2O6. The van der Waals surface area contributed by atoms with Gasteiger partial charge in [-0.2, -0.15) is 0 Å². The van der Waals surface area contributed by atoms with Crippen molar-refractivity contribution in [3.05, 3.63) is 132 Å². The molecule has 0 aliphatic heterocycles. The fourth-order valence-electron chi connectivity index (χ4n) is 4.70. The van der Waals surface area contributed by atoms with Gasteiger partial charge >= 0.3 is 5.97 Å². The van der Waals surface area contributed by atoms with Gasteiger partial charge in [0.05, 0.1) is 26.5 Å². The molecule has 8 nitrogen and oxygen atoms in total. The number of nitrogens with one attached hydrogen (secondary N) is 1. The summed E-state index contributed by atoms with van der Waals surface area (Å²) in [6, 6.07) is 30.0. The summed E-state index contributed by atoms with van der Waals surface area (Å²) in [5, 5.41) is 3.22. The maximum atomic E-state index is 13.2. The van der Waals surface area contributed by atoms with Crippen molar-refractivity contribution in [2.45, 2.75) is 19.4 Å². The molecular weight excluding hydrogens is 556 g/mol. The zero-order valence-electron chi connectivity index (χ0n) is 25.1. The highest BCUT2D eigenvalue weighted by atomic mass is 16.5. The van der Waals surface area contributed by atoms with E-state index in [1.54, 1.807) is 55.3 Å². The summed E-state index contributed by atoms with van der Waals surface area (Å²) in [5.41, 5.74) is 3.46. The second kappa shape index (κ2) is 15.2. The first-order chi connectivity index (χ1) is 21.3. The van der Waals surface area contributed by atoms with E-state index in [9.17, 15) is 14.4 Å². The molecule has 44 heavy (non-hydrogen) atoms. The van der Waals surface area contributed by atoms with E-state index in [0.717, 1.165) is 5.56 Å². The van der Waals surface area contributed by atoms with Crippen LogP contribution in [-0.2, 0) is 20.7 Å². The number of esters is 1. The number of hydrogen-bond donors (Lipinski definition) is 1. The summed E-state index contributed by atoms with van der Waals surface area (Å²) in [6.45, 7) is 5.98. The molecule has 0 fully saturated rings. The number of rotatable bonds is 14. The standard InChI is InChI=1S/C36H36N2O6/c1-25(2)35(40)38(32-16-10-11-17-33(32)42-3)22-23-44-28-20-18-26(19-21-28)24-31(36(41)43-4)37-30-15-9-8-14-29(30)34(39)27-12-6-5-7-13-27/h5-21,31,37H,1,22-24H2,2-4H3/t31-/m0/s1. The summed E-state index contributed by atoms with van der Waals surface area (Å²) in [4.78, 5) is 40.4. The lowest BCUT2D eigenvalue weighted by Crippen LogP contribution is -2.35. The predicted octanol–water partition coefficient (Wildman–Crippen LogP) is 6.11. The monoisotopic (exact) mass is 592 g/mol. The first-order valence-corrected chi connectivity index (χ1v) is 14.2. The van der Waals surface area contributed by atoms with Crippen molar-refractivity contribution in [2.75, 3.05) is 37.6 Å². The number of hydrogen-bond acceptors (Lipinski definition) is 7. The van der Waals surface area contributed by atoms with Crippen molar-refractivity contribution in [1.82, 2.24) is 0 Å². The van der Waals surface area contributed by atoms with Crippen LogP contribution in [0.2, 0.25) is 0 Å². The van der Waals surface area contributed by atoms with Crippen molar-refractivity contribution in [1.29, 1.82) is 0 Å². The van der Waals surface area contributed by atoms with E-state index in [1.165, 1.54) is 7.11 Å². The number of nitrogens with zero attached hydrogens (tertiary/aromatic N) is 1. The lowest BCUT2D eigenvalue weighted by atomic mass is 10.00. The molecule has 4 aromatic rings. The van der Waals surface area contributed by atoms with Gasteiger partial charge in [-0.1, -0.05) is 73.3 Å². The average Bonchev–Trinajstić information content (AvgIpc) is 3.06. The summed E-state index contributed by atoms with van der Waals surface area (Å²) in [7, 11) is 2.89. The Labute approximate surface area is 257 Å². The van der Waals surface area contributed by atoms with Crippen molar-refractivity contribution in [2.24, 2.45) is 0 Å². The molecule has 0 unspecified atom stereocenters. The molecule has 1 amide bonds. The first-order valence-electron chi connectivity index (χ1n) is 14.2. The van der Waals surface area contributed by atoms with Crippen LogP contribution in [-0.4, -0.2) is 51.1 Å². The van der Waals surface area contributed by atoms with Crippen LogP contribution in [0, 0.1) is 0 Å². The Morgan fingerprint density at radius 2 is 1.50 bits per heavy atom. The van der Waals surface area contributed by atoms with E-state index < -0.39 is 12.0 Å². The van der Waals surface area contributed by atoms with Crippen LogP contribution in [0.15, 0.2) is 115 Å². The minimum atomic E-state index is -0.737. The molecule has 0 aliphatic carbocycles. The highest BCUT2D eigenvalue weighted by Crippen LogP contribution is 2.29. The number of methoxy groups -OCH3 is 2. The van der Waals surface area contributed by atoms with Gasteiger partial charge in [0, 0.05) is 28.8 Å². The van der Waals surface area contributed by atoms with Gasteiger partial charge in [-0.3, -0.25) is 9.59 Å². The number of amides is 1. The van der Waals surface area contributed by atoms with E-state index in [0.29, 0.717) is 46.0 Å². The average molecular weight is 593 g/mol. The molecule has 0 spiro atoms. The summed E-state index contributed by atoms with van der Waals surface area (Å²) in [5.74, 6) is 0.367. The highest BCUT2D eigenvalue weighted by Gasteiger charge is 2.23. The van der Waals surface area contributed by atoms with Crippen LogP contribution in [0.4, 0.5) is 11.4 Å². The van der Waals surface area contributed by atoms with Gasteiger partial charge in [0.2, 0.25) is 0 Å². The number of carbonyl (C=O) groups is 3. The molecule has 226 valence electrons. The minimum Gasteiger partial charge on any atom is -0.495 e.